The van der Waals surface area contributed by atoms with Gasteiger partial charge in [-0.25, -0.2) is 4.98 Å². The second kappa shape index (κ2) is 5.09. The summed E-state index contributed by atoms with van der Waals surface area (Å²) in [6.45, 7) is 1.87. The molecule has 1 atom stereocenters. The van der Waals surface area contributed by atoms with Crippen molar-refractivity contribution in [1.29, 1.82) is 0 Å². The molecule has 1 heterocycles. The van der Waals surface area contributed by atoms with Crippen molar-refractivity contribution in [1.82, 2.24) is 9.97 Å². The van der Waals surface area contributed by atoms with Crippen LogP contribution >= 0.6 is 0 Å². The van der Waals surface area contributed by atoms with E-state index in [9.17, 15) is 5.11 Å². The number of hydrogen-bond donors (Lipinski definition) is 2. The van der Waals surface area contributed by atoms with Gasteiger partial charge in [0, 0.05) is 6.54 Å². The molecular weight excluding hydrogens is 210 g/mol. The molecule has 0 aliphatic rings. The van der Waals surface area contributed by atoms with Crippen LogP contribution in [0, 0.1) is 0 Å². The van der Waals surface area contributed by atoms with Crippen molar-refractivity contribution in [2.24, 2.45) is 5.73 Å². The molecule has 6 heteroatoms. The molecule has 0 fully saturated rings. The van der Waals surface area contributed by atoms with Crippen LogP contribution in [0.15, 0.2) is 6.20 Å². The average Bonchev–Trinajstić information content (AvgIpc) is 2.37. The summed E-state index contributed by atoms with van der Waals surface area (Å²) in [5.74, 6) is 0.560. The van der Waals surface area contributed by atoms with Crippen LogP contribution in [0.4, 0.5) is 0 Å². The summed E-state index contributed by atoms with van der Waals surface area (Å²) in [4.78, 5) is 8.14. The molecule has 90 valence electrons. The SMILES string of the molecule is CCC(O)(CN)c1ncc(OC)nc1OC. The Hall–Kier alpha value is -1.40. The predicted octanol–water partition coefficient (Wildman–Crippen LogP) is 0.0501. The van der Waals surface area contributed by atoms with E-state index >= 15 is 0 Å². The fourth-order valence-electron chi connectivity index (χ4n) is 1.33. The Balaban J connectivity index is 3.22. The van der Waals surface area contributed by atoms with Gasteiger partial charge in [0.2, 0.25) is 11.8 Å². The Morgan fingerprint density at radius 2 is 2.12 bits per heavy atom. The number of nitrogens with two attached hydrogens (primary N) is 1. The maximum atomic E-state index is 10.2. The zero-order valence-electron chi connectivity index (χ0n) is 9.73. The van der Waals surface area contributed by atoms with Crippen molar-refractivity contribution in [2.75, 3.05) is 20.8 Å². The lowest BCUT2D eigenvalue weighted by atomic mass is 9.96. The highest BCUT2D eigenvalue weighted by Crippen LogP contribution is 2.29. The summed E-state index contributed by atoms with van der Waals surface area (Å²) in [6, 6.07) is 0. The van der Waals surface area contributed by atoms with E-state index in [0.717, 1.165) is 0 Å². The Kier molecular flexibility index (Phi) is 4.03. The number of aliphatic hydroxyl groups is 1. The highest BCUT2D eigenvalue weighted by molar-refractivity contribution is 5.28. The lowest BCUT2D eigenvalue weighted by molar-refractivity contribution is 0.0339. The number of hydrogen-bond acceptors (Lipinski definition) is 6. The van der Waals surface area contributed by atoms with Gasteiger partial charge in [-0.1, -0.05) is 6.92 Å². The first-order chi connectivity index (χ1) is 7.61. The molecule has 16 heavy (non-hydrogen) atoms. The van der Waals surface area contributed by atoms with Gasteiger partial charge in [-0.2, -0.15) is 4.98 Å². The van der Waals surface area contributed by atoms with E-state index in [0.29, 0.717) is 18.0 Å². The molecule has 0 aliphatic heterocycles. The number of aromatic nitrogens is 2. The first-order valence-electron chi connectivity index (χ1n) is 4.99. The highest BCUT2D eigenvalue weighted by Gasteiger charge is 2.31. The lowest BCUT2D eigenvalue weighted by Gasteiger charge is -2.25. The van der Waals surface area contributed by atoms with Gasteiger partial charge in [-0.3, -0.25) is 0 Å². The van der Waals surface area contributed by atoms with Crippen LogP contribution in [0.25, 0.3) is 0 Å². The molecule has 0 radical (unpaired) electrons. The normalized spacial score (nSPS) is 14.3. The van der Waals surface area contributed by atoms with Crippen molar-refractivity contribution in [3.63, 3.8) is 0 Å². The van der Waals surface area contributed by atoms with Crippen LogP contribution in [-0.2, 0) is 5.60 Å². The van der Waals surface area contributed by atoms with E-state index in [1.165, 1.54) is 20.4 Å². The predicted molar refractivity (Wildman–Crippen MR) is 58.4 cm³/mol. The fraction of sp³-hybridized carbons (Fsp3) is 0.600. The van der Waals surface area contributed by atoms with Gasteiger partial charge in [0.1, 0.15) is 11.3 Å². The third-order valence-electron chi connectivity index (χ3n) is 2.48. The van der Waals surface area contributed by atoms with Crippen LogP contribution in [0.5, 0.6) is 11.8 Å². The smallest absolute Gasteiger partial charge is 0.241 e. The molecule has 1 aromatic rings. The maximum absolute atomic E-state index is 10.2. The molecule has 0 aliphatic carbocycles. The van der Waals surface area contributed by atoms with Gasteiger partial charge in [-0.05, 0) is 6.42 Å². The summed E-state index contributed by atoms with van der Waals surface area (Å²) < 4.78 is 9.99. The minimum atomic E-state index is -1.22. The van der Waals surface area contributed by atoms with Crippen molar-refractivity contribution in [2.45, 2.75) is 18.9 Å². The molecule has 0 bridgehead atoms. The van der Waals surface area contributed by atoms with Gasteiger partial charge < -0.3 is 20.3 Å². The molecular formula is C10H17N3O3. The summed E-state index contributed by atoms with van der Waals surface area (Å²) >= 11 is 0. The van der Waals surface area contributed by atoms with Crippen LogP contribution in [0.3, 0.4) is 0 Å². The third kappa shape index (κ3) is 2.23. The molecule has 0 spiro atoms. The van der Waals surface area contributed by atoms with E-state index in [2.05, 4.69) is 9.97 Å². The number of nitrogens with zero attached hydrogens (tertiary/aromatic N) is 2. The van der Waals surface area contributed by atoms with E-state index in [1.54, 1.807) is 0 Å². The van der Waals surface area contributed by atoms with E-state index in [-0.39, 0.29) is 12.4 Å². The average molecular weight is 227 g/mol. The topological polar surface area (TPSA) is 90.5 Å². The Bertz CT molecular complexity index is 353. The molecule has 0 saturated heterocycles. The zero-order valence-corrected chi connectivity index (χ0v) is 9.73. The Labute approximate surface area is 94.4 Å². The summed E-state index contributed by atoms with van der Waals surface area (Å²) in [7, 11) is 2.94. The molecule has 1 unspecified atom stereocenters. The van der Waals surface area contributed by atoms with E-state index < -0.39 is 5.60 Å². The molecule has 1 aromatic heterocycles. The van der Waals surface area contributed by atoms with Crippen molar-refractivity contribution in [3.05, 3.63) is 11.9 Å². The fourth-order valence-corrected chi connectivity index (χ4v) is 1.33. The number of ether oxygens (including phenoxy) is 2. The Morgan fingerprint density at radius 1 is 1.44 bits per heavy atom. The summed E-state index contributed by atoms with van der Waals surface area (Å²) in [5.41, 5.74) is 4.66. The molecule has 6 nitrogen and oxygen atoms in total. The molecule has 3 N–H and O–H groups in total. The van der Waals surface area contributed by atoms with Crippen LogP contribution in [-0.4, -0.2) is 35.8 Å². The second-order valence-electron chi connectivity index (χ2n) is 3.36. The third-order valence-corrected chi connectivity index (χ3v) is 2.48. The first-order valence-corrected chi connectivity index (χ1v) is 4.99. The number of methoxy groups -OCH3 is 2. The van der Waals surface area contributed by atoms with Crippen LogP contribution in [0.1, 0.15) is 19.0 Å². The van der Waals surface area contributed by atoms with Crippen LogP contribution in [0.2, 0.25) is 0 Å². The standard InChI is InChI=1S/C10H17N3O3/c1-4-10(14,6-11)8-9(16-3)13-7(15-2)5-12-8/h5,14H,4,6,11H2,1-3H3. The molecule has 0 saturated carbocycles. The van der Waals surface area contributed by atoms with E-state index in [4.69, 9.17) is 15.2 Å². The largest absolute Gasteiger partial charge is 0.480 e. The van der Waals surface area contributed by atoms with E-state index in [1.807, 2.05) is 6.92 Å². The van der Waals surface area contributed by atoms with Gasteiger partial charge in [0.25, 0.3) is 0 Å². The maximum Gasteiger partial charge on any atom is 0.241 e. The molecule has 0 amide bonds. The second-order valence-corrected chi connectivity index (χ2v) is 3.36. The van der Waals surface area contributed by atoms with Crippen molar-refractivity contribution in [3.8, 4) is 11.8 Å². The van der Waals surface area contributed by atoms with Gasteiger partial charge >= 0.3 is 0 Å². The minimum Gasteiger partial charge on any atom is -0.480 e. The van der Waals surface area contributed by atoms with Crippen molar-refractivity contribution < 1.29 is 14.6 Å². The number of rotatable bonds is 5. The minimum absolute atomic E-state index is 0.0564. The highest BCUT2D eigenvalue weighted by atomic mass is 16.5. The zero-order chi connectivity index (χ0) is 12.2. The monoisotopic (exact) mass is 227 g/mol. The van der Waals surface area contributed by atoms with Gasteiger partial charge in [0.15, 0.2) is 0 Å². The Morgan fingerprint density at radius 3 is 2.56 bits per heavy atom. The van der Waals surface area contributed by atoms with Crippen LogP contribution < -0.4 is 15.2 Å². The van der Waals surface area contributed by atoms with Crippen molar-refractivity contribution >= 4 is 0 Å². The summed E-state index contributed by atoms with van der Waals surface area (Å²) in [6.07, 6.45) is 1.86. The first kappa shape index (κ1) is 12.7. The molecule has 1 rings (SSSR count). The lowest BCUT2D eigenvalue weighted by Crippen LogP contribution is -2.35. The quantitative estimate of drug-likeness (QED) is 0.738. The molecule has 0 aromatic carbocycles. The van der Waals surface area contributed by atoms with Gasteiger partial charge in [0.05, 0.1) is 20.4 Å². The summed E-state index contributed by atoms with van der Waals surface area (Å²) in [5, 5.41) is 10.2. The van der Waals surface area contributed by atoms with Gasteiger partial charge in [-0.15, -0.1) is 0 Å².